The summed E-state index contributed by atoms with van der Waals surface area (Å²) in [6, 6.07) is 7.60. The van der Waals surface area contributed by atoms with E-state index in [1.165, 1.54) is 0 Å². The highest BCUT2D eigenvalue weighted by molar-refractivity contribution is 6.30. The summed E-state index contributed by atoms with van der Waals surface area (Å²) in [5, 5.41) is 3.38. The first kappa shape index (κ1) is 15.4. The van der Waals surface area contributed by atoms with Crippen LogP contribution in [0.15, 0.2) is 29.1 Å². The zero-order chi connectivity index (χ0) is 15.4. The van der Waals surface area contributed by atoms with E-state index >= 15 is 0 Å². The third kappa shape index (κ3) is 3.36. The van der Waals surface area contributed by atoms with E-state index in [0.717, 1.165) is 11.3 Å². The highest BCUT2D eigenvalue weighted by Crippen LogP contribution is 2.14. The van der Waals surface area contributed by atoms with Crippen molar-refractivity contribution in [3.05, 3.63) is 51.0 Å². The fourth-order valence-corrected chi connectivity index (χ4v) is 2.23. The van der Waals surface area contributed by atoms with Crippen LogP contribution in [0.5, 0.6) is 5.75 Å². The Kier molecular flexibility index (Phi) is 4.85. The van der Waals surface area contributed by atoms with Gasteiger partial charge in [0, 0.05) is 13.1 Å². The number of aromatic nitrogens is 2. The molecule has 5 nitrogen and oxygen atoms in total. The number of hydrogen-bond acceptors (Lipinski definition) is 4. The van der Waals surface area contributed by atoms with Gasteiger partial charge in [0.05, 0.1) is 12.8 Å². The molecule has 1 N–H and O–H groups in total. The molecular weight excluding hydrogens is 290 g/mol. The largest absolute Gasteiger partial charge is 0.497 e. The number of benzene rings is 1. The molecule has 0 saturated carbocycles. The number of ether oxygens (including phenoxy) is 1. The molecule has 0 saturated heterocycles. The van der Waals surface area contributed by atoms with Crippen LogP contribution >= 0.6 is 11.6 Å². The van der Waals surface area contributed by atoms with Crippen LogP contribution in [0.4, 0.5) is 5.82 Å². The van der Waals surface area contributed by atoms with E-state index in [-0.39, 0.29) is 11.4 Å². The lowest BCUT2D eigenvalue weighted by atomic mass is 10.2. The molecule has 2 aromatic rings. The predicted octanol–water partition coefficient (Wildman–Crippen LogP) is 2.85. The van der Waals surface area contributed by atoms with Crippen molar-refractivity contribution in [1.82, 2.24) is 9.55 Å². The summed E-state index contributed by atoms with van der Waals surface area (Å²) in [7, 11) is 1.62. The fourth-order valence-electron chi connectivity index (χ4n) is 2.04. The lowest BCUT2D eigenvalue weighted by Gasteiger charge is -2.12. The topological polar surface area (TPSA) is 56.1 Å². The molecule has 0 atom stereocenters. The Morgan fingerprint density at radius 1 is 1.33 bits per heavy atom. The quantitative estimate of drug-likeness (QED) is 0.923. The first-order chi connectivity index (χ1) is 10.1. The maximum absolute atomic E-state index is 12.3. The summed E-state index contributed by atoms with van der Waals surface area (Å²) in [4.78, 5) is 16.4. The van der Waals surface area contributed by atoms with Crippen LogP contribution in [0, 0.1) is 6.92 Å². The molecule has 0 fully saturated rings. The Balaban J connectivity index is 2.20. The first-order valence-electron chi connectivity index (χ1n) is 6.70. The van der Waals surface area contributed by atoms with Gasteiger partial charge in [-0.25, -0.2) is 4.98 Å². The van der Waals surface area contributed by atoms with Crippen LogP contribution in [0.3, 0.4) is 0 Å². The van der Waals surface area contributed by atoms with Gasteiger partial charge in [-0.15, -0.1) is 0 Å². The number of rotatable bonds is 5. The Morgan fingerprint density at radius 3 is 2.57 bits per heavy atom. The van der Waals surface area contributed by atoms with Crippen molar-refractivity contribution in [3.63, 3.8) is 0 Å². The molecule has 21 heavy (non-hydrogen) atoms. The van der Waals surface area contributed by atoms with E-state index < -0.39 is 0 Å². The standard InChI is InChI=1S/C15H18ClN3O2/c1-4-19-10(2)13(16)18-14(15(19)20)17-9-11-5-7-12(21-3)8-6-11/h5-8H,4,9H2,1-3H3,(H,17,18). The number of methoxy groups -OCH3 is 1. The van der Waals surface area contributed by atoms with Crippen molar-refractivity contribution >= 4 is 17.4 Å². The Bertz CT molecular complexity index is 681. The van der Waals surface area contributed by atoms with Crippen LogP contribution in [0.25, 0.3) is 0 Å². The summed E-state index contributed by atoms with van der Waals surface area (Å²) in [6.07, 6.45) is 0. The lowest BCUT2D eigenvalue weighted by Crippen LogP contribution is -2.26. The Hall–Kier alpha value is -2.01. The SMILES string of the molecule is CCn1c(C)c(Cl)nc(NCc2ccc(OC)cc2)c1=O. The average Bonchev–Trinajstić information content (AvgIpc) is 2.51. The highest BCUT2D eigenvalue weighted by atomic mass is 35.5. The fraction of sp³-hybridized carbons (Fsp3) is 0.333. The van der Waals surface area contributed by atoms with E-state index in [2.05, 4.69) is 10.3 Å². The summed E-state index contributed by atoms with van der Waals surface area (Å²) in [5.74, 6) is 1.06. The zero-order valence-electron chi connectivity index (χ0n) is 12.3. The smallest absolute Gasteiger partial charge is 0.293 e. The third-order valence-electron chi connectivity index (χ3n) is 3.30. The van der Waals surface area contributed by atoms with Gasteiger partial charge in [0.25, 0.3) is 5.56 Å². The van der Waals surface area contributed by atoms with Crippen LogP contribution in [0.2, 0.25) is 5.15 Å². The number of nitrogens with one attached hydrogen (secondary N) is 1. The normalized spacial score (nSPS) is 10.5. The molecule has 1 heterocycles. The van der Waals surface area contributed by atoms with Crippen LogP contribution < -0.4 is 15.6 Å². The maximum atomic E-state index is 12.3. The molecule has 0 aliphatic rings. The van der Waals surface area contributed by atoms with Crippen LogP contribution in [-0.4, -0.2) is 16.7 Å². The van der Waals surface area contributed by atoms with E-state index in [0.29, 0.717) is 23.9 Å². The predicted molar refractivity (Wildman–Crippen MR) is 84.2 cm³/mol. The summed E-state index contributed by atoms with van der Waals surface area (Å²) in [6.45, 7) is 4.74. The second-order valence-electron chi connectivity index (χ2n) is 4.59. The van der Waals surface area contributed by atoms with Gasteiger partial charge in [-0.1, -0.05) is 23.7 Å². The van der Waals surface area contributed by atoms with Crippen molar-refractivity contribution in [2.45, 2.75) is 26.9 Å². The van der Waals surface area contributed by atoms with Gasteiger partial charge in [-0.3, -0.25) is 4.79 Å². The number of anilines is 1. The minimum Gasteiger partial charge on any atom is -0.497 e. The van der Waals surface area contributed by atoms with Gasteiger partial charge in [0.15, 0.2) is 11.0 Å². The molecular formula is C15H18ClN3O2. The van der Waals surface area contributed by atoms with E-state index in [1.807, 2.05) is 31.2 Å². The van der Waals surface area contributed by atoms with E-state index in [9.17, 15) is 4.79 Å². The molecule has 0 radical (unpaired) electrons. The Morgan fingerprint density at radius 2 is 2.00 bits per heavy atom. The monoisotopic (exact) mass is 307 g/mol. The first-order valence-corrected chi connectivity index (χ1v) is 7.08. The second kappa shape index (κ2) is 6.63. The minimum atomic E-state index is -0.159. The number of halogens is 1. The van der Waals surface area contributed by atoms with Gasteiger partial charge in [-0.2, -0.15) is 0 Å². The number of hydrogen-bond donors (Lipinski definition) is 1. The van der Waals surface area contributed by atoms with Gasteiger partial charge in [0.2, 0.25) is 0 Å². The summed E-state index contributed by atoms with van der Waals surface area (Å²) < 4.78 is 6.71. The zero-order valence-corrected chi connectivity index (χ0v) is 13.1. The van der Waals surface area contributed by atoms with Crippen molar-refractivity contribution in [3.8, 4) is 5.75 Å². The van der Waals surface area contributed by atoms with Crippen molar-refractivity contribution in [2.24, 2.45) is 0 Å². The summed E-state index contributed by atoms with van der Waals surface area (Å²) in [5.41, 5.74) is 1.55. The van der Waals surface area contributed by atoms with Crippen molar-refractivity contribution in [2.75, 3.05) is 12.4 Å². The van der Waals surface area contributed by atoms with Gasteiger partial charge in [-0.05, 0) is 31.5 Å². The molecule has 1 aromatic heterocycles. The van der Waals surface area contributed by atoms with Gasteiger partial charge in [0.1, 0.15) is 5.75 Å². The molecule has 1 aromatic carbocycles. The lowest BCUT2D eigenvalue weighted by molar-refractivity contribution is 0.414. The average molecular weight is 308 g/mol. The van der Waals surface area contributed by atoms with Crippen molar-refractivity contribution in [1.29, 1.82) is 0 Å². The van der Waals surface area contributed by atoms with E-state index in [1.54, 1.807) is 18.6 Å². The second-order valence-corrected chi connectivity index (χ2v) is 4.95. The molecule has 6 heteroatoms. The highest BCUT2D eigenvalue weighted by Gasteiger charge is 2.11. The molecule has 0 spiro atoms. The molecule has 112 valence electrons. The third-order valence-corrected chi connectivity index (χ3v) is 3.65. The number of nitrogens with zero attached hydrogens (tertiary/aromatic N) is 2. The van der Waals surface area contributed by atoms with E-state index in [4.69, 9.17) is 16.3 Å². The minimum absolute atomic E-state index is 0.159. The molecule has 2 rings (SSSR count). The summed E-state index contributed by atoms with van der Waals surface area (Å²) >= 11 is 6.06. The maximum Gasteiger partial charge on any atom is 0.293 e. The molecule has 0 bridgehead atoms. The molecule has 0 unspecified atom stereocenters. The van der Waals surface area contributed by atoms with Gasteiger partial charge >= 0.3 is 0 Å². The van der Waals surface area contributed by atoms with Crippen LogP contribution in [-0.2, 0) is 13.1 Å². The Labute approximate surface area is 128 Å². The molecule has 0 amide bonds. The molecule has 0 aliphatic carbocycles. The van der Waals surface area contributed by atoms with Crippen LogP contribution in [0.1, 0.15) is 18.2 Å². The van der Waals surface area contributed by atoms with Gasteiger partial charge < -0.3 is 14.6 Å². The molecule has 0 aliphatic heterocycles. The van der Waals surface area contributed by atoms with Crippen molar-refractivity contribution < 1.29 is 4.74 Å².